The number of aromatic nitrogens is 3. The first-order chi connectivity index (χ1) is 14.0. The summed E-state index contributed by atoms with van der Waals surface area (Å²) in [5.41, 5.74) is 8.10. The van der Waals surface area contributed by atoms with Gasteiger partial charge in [0.15, 0.2) is 0 Å². The number of imidazole rings is 1. The number of ether oxygens (including phenoxy) is 1. The van der Waals surface area contributed by atoms with Gasteiger partial charge in [-0.1, -0.05) is 35.3 Å². The summed E-state index contributed by atoms with van der Waals surface area (Å²) in [5, 5.41) is 1.24. The molecule has 29 heavy (non-hydrogen) atoms. The van der Waals surface area contributed by atoms with Crippen LogP contribution in [0.4, 0.5) is 0 Å². The Morgan fingerprint density at radius 3 is 2.76 bits per heavy atom. The van der Waals surface area contributed by atoms with Gasteiger partial charge in [0.25, 0.3) is 5.91 Å². The molecule has 0 unspecified atom stereocenters. The molecule has 0 aliphatic carbocycles. The Balaban J connectivity index is 1.67. The van der Waals surface area contributed by atoms with Crippen molar-refractivity contribution in [2.45, 2.75) is 13.2 Å². The zero-order valence-corrected chi connectivity index (χ0v) is 16.7. The van der Waals surface area contributed by atoms with Gasteiger partial charge in [-0.3, -0.25) is 9.78 Å². The maximum atomic E-state index is 11.3. The maximum absolute atomic E-state index is 11.3. The van der Waals surface area contributed by atoms with Gasteiger partial charge in [-0.25, -0.2) is 4.98 Å². The molecule has 0 spiro atoms. The molecule has 146 valence electrons. The van der Waals surface area contributed by atoms with E-state index in [4.69, 9.17) is 33.7 Å². The van der Waals surface area contributed by atoms with Gasteiger partial charge in [0.1, 0.15) is 23.9 Å². The first-order valence-electron chi connectivity index (χ1n) is 8.78. The fourth-order valence-corrected chi connectivity index (χ4v) is 3.40. The number of halogens is 2. The quantitative estimate of drug-likeness (QED) is 0.493. The van der Waals surface area contributed by atoms with E-state index < -0.39 is 5.91 Å². The number of fused-ring (bicyclic) bond motifs is 1. The highest BCUT2D eigenvalue weighted by atomic mass is 35.5. The third-order valence-electron chi connectivity index (χ3n) is 4.42. The minimum Gasteiger partial charge on any atom is -0.486 e. The maximum Gasteiger partial charge on any atom is 0.267 e. The zero-order chi connectivity index (χ0) is 20.4. The molecule has 0 aliphatic rings. The minimum absolute atomic E-state index is 0.140. The summed E-state index contributed by atoms with van der Waals surface area (Å²) in [6, 6.07) is 16.3. The van der Waals surface area contributed by atoms with E-state index in [1.807, 2.05) is 34.9 Å². The molecule has 4 rings (SSSR count). The van der Waals surface area contributed by atoms with E-state index in [2.05, 4.69) is 9.97 Å². The lowest BCUT2D eigenvalue weighted by molar-refractivity contribution is 0.0995. The molecule has 0 fully saturated rings. The summed E-state index contributed by atoms with van der Waals surface area (Å²) in [4.78, 5) is 19.9. The largest absolute Gasteiger partial charge is 0.486 e. The Bertz CT molecular complexity index is 1210. The van der Waals surface area contributed by atoms with Crippen LogP contribution < -0.4 is 10.5 Å². The van der Waals surface area contributed by atoms with Crippen LogP contribution in [-0.2, 0) is 13.2 Å². The molecule has 8 heteroatoms. The van der Waals surface area contributed by atoms with E-state index in [0.29, 0.717) is 28.2 Å². The Hall–Kier alpha value is -3.09. The first-order valence-corrected chi connectivity index (χ1v) is 9.53. The van der Waals surface area contributed by atoms with Crippen LogP contribution in [0, 0.1) is 0 Å². The molecule has 2 N–H and O–H groups in total. The van der Waals surface area contributed by atoms with E-state index in [-0.39, 0.29) is 12.3 Å². The Labute approximate surface area is 176 Å². The monoisotopic (exact) mass is 426 g/mol. The second-order valence-corrected chi connectivity index (χ2v) is 7.21. The lowest BCUT2D eigenvalue weighted by atomic mass is 10.2. The molecule has 6 nitrogen and oxygen atoms in total. The van der Waals surface area contributed by atoms with E-state index in [1.54, 1.807) is 18.2 Å². The average Bonchev–Trinajstić information content (AvgIpc) is 3.07. The second kappa shape index (κ2) is 8.11. The Morgan fingerprint density at radius 2 is 1.93 bits per heavy atom. The number of carbonyl (C=O) groups is 1. The van der Waals surface area contributed by atoms with Crippen LogP contribution in [0.25, 0.3) is 11.0 Å². The highest BCUT2D eigenvalue weighted by Gasteiger charge is 2.14. The lowest BCUT2D eigenvalue weighted by Crippen LogP contribution is -2.13. The molecule has 0 radical (unpaired) electrons. The number of para-hydroxylation sites is 2. The predicted molar refractivity (Wildman–Crippen MR) is 112 cm³/mol. The van der Waals surface area contributed by atoms with Crippen LogP contribution in [0.3, 0.4) is 0 Å². The van der Waals surface area contributed by atoms with Gasteiger partial charge in [-0.05, 0) is 42.0 Å². The highest BCUT2D eigenvalue weighted by Crippen LogP contribution is 2.25. The molecule has 0 saturated heterocycles. The molecular weight excluding hydrogens is 411 g/mol. The van der Waals surface area contributed by atoms with Crippen molar-refractivity contribution in [2.24, 2.45) is 5.73 Å². The normalized spacial score (nSPS) is 11.0. The summed E-state index contributed by atoms with van der Waals surface area (Å²) in [6.07, 6.45) is 1.48. The van der Waals surface area contributed by atoms with Crippen molar-refractivity contribution in [1.29, 1.82) is 0 Å². The number of carbonyl (C=O) groups excluding carboxylic acids is 1. The van der Waals surface area contributed by atoms with Gasteiger partial charge in [-0.2, -0.15) is 0 Å². The van der Waals surface area contributed by atoms with Crippen molar-refractivity contribution in [1.82, 2.24) is 14.5 Å². The minimum atomic E-state index is -0.613. The number of amides is 1. The smallest absolute Gasteiger partial charge is 0.267 e. The van der Waals surface area contributed by atoms with Gasteiger partial charge < -0.3 is 15.0 Å². The van der Waals surface area contributed by atoms with E-state index >= 15 is 0 Å². The third kappa shape index (κ3) is 4.18. The van der Waals surface area contributed by atoms with Gasteiger partial charge >= 0.3 is 0 Å². The van der Waals surface area contributed by atoms with Gasteiger partial charge in [0, 0.05) is 22.3 Å². The van der Waals surface area contributed by atoms with Crippen molar-refractivity contribution in [3.8, 4) is 5.75 Å². The number of nitrogens with two attached hydrogens (primary N) is 1. The average molecular weight is 427 g/mol. The van der Waals surface area contributed by atoms with Gasteiger partial charge in [0.2, 0.25) is 0 Å². The van der Waals surface area contributed by atoms with Crippen molar-refractivity contribution in [3.05, 3.63) is 87.9 Å². The number of pyridine rings is 1. The van der Waals surface area contributed by atoms with Crippen LogP contribution in [0.1, 0.15) is 21.9 Å². The molecule has 0 atom stereocenters. The standard InChI is InChI=1S/C21H16Cl2N4O2/c22-14-5-6-16(23)13(9-14)11-27-19-4-2-1-3-17(19)26-20(27)12-29-15-7-8-25-18(10-15)21(24)28/h1-10H,11-12H2,(H2,24,28). The van der Waals surface area contributed by atoms with Gasteiger partial charge in [-0.15, -0.1) is 0 Å². The fourth-order valence-electron chi connectivity index (χ4n) is 3.03. The number of primary amides is 1. The number of nitrogens with zero attached hydrogens (tertiary/aromatic N) is 3. The van der Waals surface area contributed by atoms with Crippen molar-refractivity contribution in [3.63, 3.8) is 0 Å². The molecule has 2 aromatic heterocycles. The molecule has 0 bridgehead atoms. The van der Waals surface area contributed by atoms with Crippen LogP contribution >= 0.6 is 23.2 Å². The molecule has 0 saturated carbocycles. The summed E-state index contributed by atoms with van der Waals surface area (Å²) >= 11 is 12.5. The predicted octanol–water partition coefficient (Wildman–Crippen LogP) is 4.46. The third-order valence-corrected chi connectivity index (χ3v) is 5.03. The molecule has 1 amide bonds. The molecule has 2 heterocycles. The number of benzene rings is 2. The molecule has 0 aliphatic heterocycles. The lowest BCUT2D eigenvalue weighted by Gasteiger charge is -2.12. The van der Waals surface area contributed by atoms with Crippen molar-refractivity contribution < 1.29 is 9.53 Å². The zero-order valence-electron chi connectivity index (χ0n) is 15.2. The molecule has 4 aromatic rings. The summed E-state index contributed by atoms with van der Waals surface area (Å²) in [7, 11) is 0. The van der Waals surface area contributed by atoms with Crippen LogP contribution in [-0.4, -0.2) is 20.4 Å². The van der Waals surface area contributed by atoms with Crippen LogP contribution in [0.2, 0.25) is 10.0 Å². The van der Waals surface area contributed by atoms with E-state index in [0.717, 1.165) is 16.6 Å². The van der Waals surface area contributed by atoms with Crippen LogP contribution in [0.15, 0.2) is 60.8 Å². The Kier molecular flexibility index (Phi) is 5.38. The number of rotatable bonds is 6. The van der Waals surface area contributed by atoms with Crippen molar-refractivity contribution >= 4 is 40.1 Å². The second-order valence-electron chi connectivity index (χ2n) is 6.37. The fraction of sp³-hybridized carbons (Fsp3) is 0.0952. The number of hydrogen-bond donors (Lipinski definition) is 1. The summed E-state index contributed by atoms with van der Waals surface area (Å²) < 4.78 is 7.89. The van der Waals surface area contributed by atoms with Crippen LogP contribution in [0.5, 0.6) is 5.75 Å². The molecule has 2 aromatic carbocycles. The summed E-state index contributed by atoms with van der Waals surface area (Å²) in [6.45, 7) is 0.677. The van der Waals surface area contributed by atoms with E-state index in [1.165, 1.54) is 12.3 Å². The topological polar surface area (TPSA) is 83.0 Å². The summed E-state index contributed by atoms with van der Waals surface area (Å²) in [5.74, 6) is 0.575. The molecular formula is C21H16Cl2N4O2. The first kappa shape index (κ1) is 19.2. The SMILES string of the molecule is NC(=O)c1cc(OCc2nc3ccccc3n2Cc2cc(Cl)ccc2Cl)ccn1. The van der Waals surface area contributed by atoms with Gasteiger partial charge in [0.05, 0.1) is 17.6 Å². The van der Waals surface area contributed by atoms with E-state index in [9.17, 15) is 4.79 Å². The highest BCUT2D eigenvalue weighted by molar-refractivity contribution is 6.33. The van der Waals surface area contributed by atoms with Crippen molar-refractivity contribution in [2.75, 3.05) is 0 Å². The number of hydrogen-bond acceptors (Lipinski definition) is 4. The Morgan fingerprint density at radius 1 is 1.10 bits per heavy atom.